The van der Waals surface area contributed by atoms with Crippen molar-refractivity contribution in [3.8, 4) is 11.3 Å². The minimum absolute atomic E-state index is 0.0159. The Hall–Kier alpha value is -5.05. The number of benzene rings is 1. The molecule has 256 valence electrons. The average molecular weight is 697 g/mol. The summed E-state index contributed by atoms with van der Waals surface area (Å²) in [5, 5.41) is 9.38. The van der Waals surface area contributed by atoms with E-state index in [9.17, 15) is 27.6 Å². The lowest BCUT2D eigenvalue weighted by Gasteiger charge is -2.24. The highest BCUT2D eigenvalue weighted by atomic mass is 35.5. The van der Waals surface area contributed by atoms with Crippen LogP contribution in [0.4, 0.5) is 35.2 Å². The Morgan fingerprint density at radius 1 is 1.12 bits per heavy atom. The highest BCUT2D eigenvalue weighted by Crippen LogP contribution is 2.48. The molecule has 4 heterocycles. The quantitative estimate of drug-likeness (QED) is 0.201. The molecule has 2 fully saturated rings. The number of aromatic nitrogens is 5. The van der Waals surface area contributed by atoms with Gasteiger partial charge in [-0.2, -0.15) is 5.10 Å². The molecule has 49 heavy (non-hydrogen) atoms. The minimum Gasteiger partial charge on any atom is -0.444 e. The maximum absolute atomic E-state index is 14.9. The topological polar surface area (TPSA) is 144 Å². The zero-order valence-corrected chi connectivity index (χ0v) is 27.8. The molecule has 16 heteroatoms. The molecular formula is C33H32ClF3N8O4. The van der Waals surface area contributed by atoms with Crippen LogP contribution in [0.25, 0.3) is 11.3 Å². The number of fused-ring (bicyclic) bond motifs is 1. The third-order valence-corrected chi connectivity index (χ3v) is 8.52. The Morgan fingerprint density at radius 3 is 2.55 bits per heavy atom. The van der Waals surface area contributed by atoms with Crippen LogP contribution >= 0.6 is 11.6 Å². The second kappa shape index (κ2) is 12.8. The average Bonchev–Trinajstić information content (AvgIpc) is 3.53. The van der Waals surface area contributed by atoms with Gasteiger partial charge in [-0.3, -0.25) is 29.5 Å². The maximum atomic E-state index is 14.9. The summed E-state index contributed by atoms with van der Waals surface area (Å²) in [6.45, 7) is 9.05. The highest BCUT2D eigenvalue weighted by Gasteiger charge is 2.53. The molecular weight excluding hydrogens is 665 g/mol. The van der Waals surface area contributed by atoms with Crippen molar-refractivity contribution in [3.05, 3.63) is 76.3 Å². The van der Waals surface area contributed by atoms with E-state index in [0.29, 0.717) is 23.6 Å². The monoisotopic (exact) mass is 696 g/mol. The molecule has 1 unspecified atom stereocenters. The molecule has 1 aromatic carbocycles. The molecule has 2 aliphatic rings. The summed E-state index contributed by atoms with van der Waals surface area (Å²) in [4.78, 5) is 53.3. The number of alkyl halides is 2. The number of aryl methyl sites for hydroxylation is 1. The number of ether oxygens (including phenoxy) is 1. The summed E-state index contributed by atoms with van der Waals surface area (Å²) in [7, 11) is 0. The van der Waals surface area contributed by atoms with Crippen molar-refractivity contribution in [2.75, 3.05) is 22.1 Å². The second-order valence-corrected chi connectivity index (χ2v) is 13.4. The number of nitrogens with one attached hydrogen (secondary N) is 2. The number of hydrogen-bond donors (Lipinski definition) is 2. The Morgan fingerprint density at radius 2 is 1.88 bits per heavy atom. The van der Waals surface area contributed by atoms with E-state index in [2.05, 4.69) is 30.7 Å². The van der Waals surface area contributed by atoms with Crippen molar-refractivity contribution in [1.82, 2.24) is 24.7 Å². The molecule has 3 amide bonds. The third-order valence-electron chi connectivity index (χ3n) is 8.23. The molecule has 0 spiro atoms. The molecule has 0 bridgehead atoms. The van der Waals surface area contributed by atoms with Crippen LogP contribution in [-0.4, -0.2) is 54.8 Å². The molecule has 3 aromatic heterocycles. The molecule has 1 aliphatic carbocycles. The van der Waals surface area contributed by atoms with Gasteiger partial charge in [0.1, 0.15) is 11.3 Å². The smallest absolute Gasteiger partial charge is 0.412 e. The van der Waals surface area contributed by atoms with Gasteiger partial charge in [-0.1, -0.05) is 17.7 Å². The molecule has 3 atom stereocenters. The number of halogens is 4. The van der Waals surface area contributed by atoms with E-state index in [-0.39, 0.29) is 45.5 Å². The molecule has 1 saturated carbocycles. The van der Waals surface area contributed by atoms with E-state index in [1.54, 1.807) is 48.8 Å². The first-order valence-corrected chi connectivity index (χ1v) is 15.8. The maximum Gasteiger partial charge on any atom is 0.412 e. The van der Waals surface area contributed by atoms with Crippen molar-refractivity contribution < 1.29 is 32.3 Å². The van der Waals surface area contributed by atoms with Crippen LogP contribution in [-0.2, 0) is 9.53 Å². The van der Waals surface area contributed by atoms with Gasteiger partial charge in [0.15, 0.2) is 11.6 Å². The summed E-state index contributed by atoms with van der Waals surface area (Å²) in [6, 6.07) is 3.25. The fourth-order valence-electron chi connectivity index (χ4n) is 5.64. The molecule has 12 nitrogen and oxygen atoms in total. The number of nitrogens with zero attached hydrogens (tertiary/aromatic N) is 6. The van der Waals surface area contributed by atoms with Gasteiger partial charge in [0.05, 0.1) is 46.2 Å². The largest absolute Gasteiger partial charge is 0.444 e. The number of pyridine rings is 1. The normalized spacial score (nSPS) is 17.6. The van der Waals surface area contributed by atoms with Gasteiger partial charge in [0, 0.05) is 36.0 Å². The Kier molecular flexibility index (Phi) is 8.81. The van der Waals surface area contributed by atoms with Gasteiger partial charge < -0.3 is 10.1 Å². The van der Waals surface area contributed by atoms with Crippen LogP contribution in [0, 0.1) is 24.6 Å². The van der Waals surface area contributed by atoms with E-state index in [0.717, 1.165) is 24.8 Å². The predicted octanol–water partition coefficient (Wildman–Crippen LogP) is 6.96. The molecule has 4 aromatic rings. The van der Waals surface area contributed by atoms with Crippen LogP contribution in [0.5, 0.6) is 0 Å². The van der Waals surface area contributed by atoms with Gasteiger partial charge in [0.2, 0.25) is 5.91 Å². The fraction of sp³-hybridized carbons (Fsp3) is 0.364. The van der Waals surface area contributed by atoms with Crippen LogP contribution in [0.2, 0.25) is 5.02 Å². The van der Waals surface area contributed by atoms with Gasteiger partial charge in [0.25, 0.3) is 12.3 Å². The lowest BCUT2D eigenvalue weighted by molar-refractivity contribution is -0.118. The van der Waals surface area contributed by atoms with Gasteiger partial charge in [-0.15, -0.1) is 0 Å². The Bertz CT molecular complexity index is 1980. The van der Waals surface area contributed by atoms with E-state index >= 15 is 0 Å². The summed E-state index contributed by atoms with van der Waals surface area (Å²) >= 11 is 5.86. The molecule has 2 N–H and O–H groups in total. The first kappa shape index (κ1) is 33.8. The molecule has 6 rings (SSSR count). The Balaban J connectivity index is 1.23. The van der Waals surface area contributed by atoms with Crippen molar-refractivity contribution in [3.63, 3.8) is 0 Å². The van der Waals surface area contributed by atoms with Gasteiger partial charge in [-0.25, -0.2) is 27.9 Å². The number of anilines is 3. The van der Waals surface area contributed by atoms with Crippen molar-refractivity contribution in [2.24, 2.45) is 11.8 Å². The number of carbonyl (C=O) groups excluding carboxylic acids is 3. The lowest BCUT2D eigenvalue weighted by Crippen LogP contribution is -2.32. The van der Waals surface area contributed by atoms with E-state index in [1.165, 1.54) is 13.1 Å². The van der Waals surface area contributed by atoms with Gasteiger partial charge >= 0.3 is 6.09 Å². The van der Waals surface area contributed by atoms with Crippen LogP contribution in [0.15, 0.2) is 43.0 Å². The van der Waals surface area contributed by atoms with Crippen LogP contribution in [0.3, 0.4) is 0 Å². The second-order valence-electron chi connectivity index (χ2n) is 13.0. The highest BCUT2D eigenvalue weighted by molar-refractivity contribution is 6.31. The SMILES string of the molecule is Cc1ncc(-c2c(C(F)F)ccc(Cl)c2F)nc1C(=O)Nc1cnn(C(C)c2cnc(N3C[C@H]4C[C@H]4C3=O)c(NC(=O)OC(C)(C)C)c2)c1. The lowest BCUT2D eigenvalue weighted by atomic mass is 10.0. The minimum atomic E-state index is -3.03. The van der Waals surface area contributed by atoms with Crippen LogP contribution in [0.1, 0.15) is 73.9 Å². The van der Waals surface area contributed by atoms with Crippen molar-refractivity contribution >= 4 is 46.7 Å². The zero-order valence-electron chi connectivity index (χ0n) is 27.1. The number of piperidine rings is 1. The predicted molar refractivity (Wildman–Crippen MR) is 174 cm³/mol. The van der Waals surface area contributed by atoms with Crippen molar-refractivity contribution in [2.45, 2.75) is 59.1 Å². The Labute approximate surface area is 284 Å². The fourth-order valence-corrected chi connectivity index (χ4v) is 5.80. The number of hydrogen-bond acceptors (Lipinski definition) is 8. The van der Waals surface area contributed by atoms with Gasteiger partial charge in [-0.05, 0) is 64.7 Å². The molecule has 0 radical (unpaired) electrons. The summed E-state index contributed by atoms with van der Waals surface area (Å²) < 4.78 is 49.3. The number of rotatable bonds is 8. The van der Waals surface area contributed by atoms with E-state index in [4.69, 9.17) is 16.3 Å². The zero-order chi connectivity index (χ0) is 35.4. The standard InChI is InChI=1S/C33H32ClF3N8O4/c1-15-27(42-24(12-38-15)25-20(28(36)37)6-7-22(34)26(25)35)30(46)41-19-11-40-45(14-19)16(2)17-9-23(43-32(48)49-33(3,4)5)29(39-10-17)44-13-18-8-21(18)31(44)47/h6-7,9-12,14,16,18,21,28H,8,13H2,1-5H3,(H,41,46)(H,43,48)/t16?,18-,21-/m1/s1. The first-order chi connectivity index (χ1) is 23.1. The summed E-state index contributed by atoms with van der Waals surface area (Å²) in [6.07, 6.45) is 2.75. The summed E-state index contributed by atoms with van der Waals surface area (Å²) in [5.74, 6) is -1.28. The van der Waals surface area contributed by atoms with Crippen LogP contribution < -0.4 is 15.5 Å². The summed E-state index contributed by atoms with van der Waals surface area (Å²) in [5.41, 5.74) is -1.07. The number of amides is 3. The molecule has 1 saturated heterocycles. The first-order valence-electron chi connectivity index (χ1n) is 15.4. The van der Waals surface area contributed by atoms with Crippen molar-refractivity contribution in [1.29, 1.82) is 0 Å². The number of carbonyl (C=O) groups is 3. The molecule has 1 aliphatic heterocycles. The third kappa shape index (κ3) is 6.93. The van der Waals surface area contributed by atoms with E-state index < -0.39 is 47.0 Å². The van der Waals surface area contributed by atoms with E-state index in [1.807, 2.05) is 6.92 Å².